The summed E-state index contributed by atoms with van der Waals surface area (Å²) in [5.41, 5.74) is 0. The van der Waals surface area contributed by atoms with Crippen molar-refractivity contribution in [2.75, 3.05) is 20.1 Å². The third-order valence-corrected chi connectivity index (χ3v) is 4.77. The molecule has 20 heavy (non-hydrogen) atoms. The standard InChI is InChI=1S/C14H24N2O3S/c1-12(2)16(3)11-7-6-10-15-20(18,19)14-9-5-4-8-13(14)17/h4-5,8-9,12,15,17H,6-7,10-11H2,1-3H3. The minimum atomic E-state index is -3.62. The van der Waals surface area contributed by atoms with E-state index in [-0.39, 0.29) is 10.6 Å². The Bertz CT molecular complexity index is 515. The van der Waals surface area contributed by atoms with Crippen LogP contribution in [0.3, 0.4) is 0 Å². The zero-order valence-corrected chi connectivity index (χ0v) is 13.2. The average molecular weight is 300 g/mol. The van der Waals surface area contributed by atoms with Crippen molar-refractivity contribution in [3.8, 4) is 5.75 Å². The monoisotopic (exact) mass is 300 g/mol. The first-order valence-electron chi connectivity index (χ1n) is 6.82. The first-order chi connectivity index (χ1) is 9.34. The van der Waals surface area contributed by atoms with Gasteiger partial charge in [0.05, 0.1) is 0 Å². The van der Waals surface area contributed by atoms with E-state index in [4.69, 9.17) is 0 Å². The molecule has 0 spiro atoms. The Morgan fingerprint density at radius 3 is 2.50 bits per heavy atom. The summed E-state index contributed by atoms with van der Waals surface area (Å²) in [5, 5.41) is 9.56. The maximum Gasteiger partial charge on any atom is 0.244 e. The number of hydrogen-bond donors (Lipinski definition) is 2. The molecule has 114 valence electrons. The zero-order chi connectivity index (χ0) is 15.2. The molecule has 0 radical (unpaired) electrons. The summed E-state index contributed by atoms with van der Waals surface area (Å²) >= 11 is 0. The lowest BCUT2D eigenvalue weighted by Crippen LogP contribution is -2.29. The second kappa shape index (κ2) is 7.61. The van der Waals surface area contributed by atoms with Crippen LogP contribution in [0.4, 0.5) is 0 Å². The molecule has 6 heteroatoms. The van der Waals surface area contributed by atoms with Gasteiger partial charge in [0, 0.05) is 12.6 Å². The molecule has 0 amide bonds. The lowest BCUT2D eigenvalue weighted by molar-refractivity contribution is 0.268. The summed E-state index contributed by atoms with van der Waals surface area (Å²) in [6, 6.07) is 6.44. The quantitative estimate of drug-likeness (QED) is 0.718. The summed E-state index contributed by atoms with van der Waals surface area (Å²) in [7, 11) is -1.57. The predicted octanol–water partition coefficient (Wildman–Crippen LogP) is 1.79. The Morgan fingerprint density at radius 2 is 1.90 bits per heavy atom. The second-order valence-electron chi connectivity index (χ2n) is 5.15. The first-order valence-corrected chi connectivity index (χ1v) is 8.31. The van der Waals surface area contributed by atoms with Crippen LogP contribution in [0.5, 0.6) is 5.75 Å². The van der Waals surface area contributed by atoms with Crippen molar-refractivity contribution in [1.82, 2.24) is 9.62 Å². The van der Waals surface area contributed by atoms with Crippen molar-refractivity contribution in [2.24, 2.45) is 0 Å². The smallest absolute Gasteiger partial charge is 0.244 e. The van der Waals surface area contributed by atoms with Gasteiger partial charge in [-0.05, 0) is 52.4 Å². The van der Waals surface area contributed by atoms with Gasteiger partial charge in [-0.3, -0.25) is 0 Å². The van der Waals surface area contributed by atoms with Gasteiger partial charge in [-0.1, -0.05) is 12.1 Å². The van der Waals surface area contributed by atoms with Crippen LogP contribution in [0.1, 0.15) is 26.7 Å². The minimum Gasteiger partial charge on any atom is -0.507 e. The molecular formula is C14H24N2O3S. The van der Waals surface area contributed by atoms with Crippen molar-refractivity contribution in [2.45, 2.75) is 37.6 Å². The minimum absolute atomic E-state index is 0.0701. The van der Waals surface area contributed by atoms with Crippen molar-refractivity contribution >= 4 is 10.0 Å². The molecule has 0 aromatic heterocycles. The van der Waals surface area contributed by atoms with E-state index in [0.717, 1.165) is 19.4 Å². The van der Waals surface area contributed by atoms with Gasteiger partial charge < -0.3 is 10.0 Å². The molecule has 0 heterocycles. The van der Waals surface area contributed by atoms with E-state index in [1.807, 2.05) is 0 Å². The molecular weight excluding hydrogens is 276 g/mol. The first kappa shape index (κ1) is 16.9. The van der Waals surface area contributed by atoms with Crippen LogP contribution in [-0.2, 0) is 10.0 Å². The fourth-order valence-electron chi connectivity index (χ4n) is 1.71. The number of rotatable bonds is 8. The van der Waals surface area contributed by atoms with Gasteiger partial charge in [-0.15, -0.1) is 0 Å². The molecule has 0 saturated carbocycles. The van der Waals surface area contributed by atoms with Crippen LogP contribution in [-0.4, -0.2) is 44.6 Å². The Balaban J connectivity index is 2.40. The largest absolute Gasteiger partial charge is 0.507 e. The van der Waals surface area contributed by atoms with Gasteiger partial charge in [-0.2, -0.15) is 0 Å². The van der Waals surface area contributed by atoms with Crippen LogP contribution in [0, 0.1) is 0 Å². The number of phenolic OH excluding ortho intramolecular Hbond substituents is 1. The fraction of sp³-hybridized carbons (Fsp3) is 0.571. The average Bonchev–Trinajstić information content (AvgIpc) is 2.38. The van der Waals surface area contributed by atoms with E-state index in [2.05, 4.69) is 30.5 Å². The van der Waals surface area contributed by atoms with E-state index in [1.165, 1.54) is 12.1 Å². The maximum atomic E-state index is 12.0. The highest BCUT2D eigenvalue weighted by Gasteiger charge is 2.16. The van der Waals surface area contributed by atoms with Gasteiger partial charge in [-0.25, -0.2) is 13.1 Å². The molecule has 0 saturated heterocycles. The summed E-state index contributed by atoms with van der Waals surface area (Å²) in [4.78, 5) is 2.15. The number of nitrogens with one attached hydrogen (secondary N) is 1. The fourth-order valence-corrected chi connectivity index (χ4v) is 2.88. The molecule has 0 unspecified atom stereocenters. The van der Waals surface area contributed by atoms with Crippen molar-refractivity contribution in [3.05, 3.63) is 24.3 Å². The molecule has 5 nitrogen and oxygen atoms in total. The van der Waals surface area contributed by atoms with E-state index < -0.39 is 10.0 Å². The van der Waals surface area contributed by atoms with Crippen molar-refractivity contribution in [1.29, 1.82) is 0 Å². The molecule has 1 aromatic carbocycles. The molecule has 2 N–H and O–H groups in total. The summed E-state index contributed by atoms with van der Waals surface area (Å²) in [6.45, 7) is 5.57. The zero-order valence-electron chi connectivity index (χ0n) is 12.3. The Kier molecular flexibility index (Phi) is 6.45. The summed E-state index contributed by atoms with van der Waals surface area (Å²) in [5.74, 6) is -0.223. The highest BCUT2D eigenvalue weighted by atomic mass is 32.2. The lowest BCUT2D eigenvalue weighted by Gasteiger charge is -2.20. The van der Waals surface area contributed by atoms with Crippen molar-refractivity contribution in [3.63, 3.8) is 0 Å². The van der Waals surface area contributed by atoms with Gasteiger partial charge in [0.1, 0.15) is 10.6 Å². The number of nitrogens with zero attached hydrogens (tertiary/aromatic N) is 1. The third-order valence-electron chi connectivity index (χ3n) is 3.27. The van der Waals surface area contributed by atoms with Gasteiger partial charge >= 0.3 is 0 Å². The van der Waals surface area contributed by atoms with Gasteiger partial charge in [0.15, 0.2) is 0 Å². The normalized spacial score (nSPS) is 12.2. The molecule has 0 aliphatic heterocycles. The lowest BCUT2D eigenvalue weighted by atomic mass is 10.2. The Morgan fingerprint density at radius 1 is 1.25 bits per heavy atom. The van der Waals surface area contributed by atoms with E-state index in [9.17, 15) is 13.5 Å². The van der Waals surface area contributed by atoms with Crippen LogP contribution < -0.4 is 4.72 Å². The summed E-state index contributed by atoms with van der Waals surface area (Å²) in [6.07, 6.45) is 1.70. The molecule has 1 aromatic rings. The molecule has 0 aliphatic carbocycles. The highest BCUT2D eigenvalue weighted by molar-refractivity contribution is 7.89. The van der Waals surface area contributed by atoms with Crippen LogP contribution >= 0.6 is 0 Å². The SMILES string of the molecule is CC(C)N(C)CCCCNS(=O)(=O)c1ccccc1O. The molecule has 0 bridgehead atoms. The molecule has 0 aliphatic rings. The van der Waals surface area contributed by atoms with E-state index in [0.29, 0.717) is 12.6 Å². The number of aromatic hydroxyl groups is 1. The number of hydrogen-bond acceptors (Lipinski definition) is 4. The Hall–Kier alpha value is -1.11. The van der Waals surface area contributed by atoms with E-state index in [1.54, 1.807) is 12.1 Å². The highest BCUT2D eigenvalue weighted by Crippen LogP contribution is 2.20. The van der Waals surface area contributed by atoms with Crippen LogP contribution in [0.25, 0.3) is 0 Å². The number of unbranched alkanes of at least 4 members (excludes halogenated alkanes) is 1. The van der Waals surface area contributed by atoms with Gasteiger partial charge in [0.25, 0.3) is 0 Å². The summed E-state index contributed by atoms with van der Waals surface area (Å²) < 4.78 is 26.5. The number of phenols is 1. The second-order valence-corrected chi connectivity index (χ2v) is 6.88. The number of para-hydroxylation sites is 1. The van der Waals surface area contributed by atoms with Crippen LogP contribution in [0.15, 0.2) is 29.2 Å². The van der Waals surface area contributed by atoms with Crippen LogP contribution in [0.2, 0.25) is 0 Å². The number of sulfonamides is 1. The topological polar surface area (TPSA) is 69.6 Å². The van der Waals surface area contributed by atoms with E-state index >= 15 is 0 Å². The van der Waals surface area contributed by atoms with Crippen molar-refractivity contribution < 1.29 is 13.5 Å². The Labute approximate surface area is 121 Å². The number of benzene rings is 1. The molecule has 1 rings (SSSR count). The molecule has 0 atom stereocenters. The predicted molar refractivity (Wildman–Crippen MR) is 80.3 cm³/mol. The molecule has 0 fully saturated rings. The van der Waals surface area contributed by atoms with Gasteiger partial charge in [0.2, 0.25) is 10.0 Å². The third kappa shape index (κ3) is 5.11. The maximum absolute atomic E-state index is 12.0.